The van der Waals surface area contributed by atoms with Crippen LogP contribution in [-0.4, -0.2) is 38.5 Å². The lowest BCUT2D eigenvalue weighted by atomic mass is 10.1. The monoisotopic (exact) mass is 339 g/mol. The van der Waals surface area contributed by atoms with Crippen molar-refractivity contribution in [3.8, 4) is 0 Å². The Bertz CT molecular complexity index is 536. The van der Waals surface area contributed by atoms with Gasteiger partial charge in [-0.25, -0.2) is 0 Å². The molecule has 0 bridgehead atoms. The number of hydrogen-bond acceptors (Lipinski definition) is 3. The average Bonchev–Trinajstić information content (AvgIpc) is 2.93. The molecule has 1 aromatic carbocycles. The van der Waals surface area contributed by atoms with E-state index < -0.39 is 0 Å². The zero-order chi connectivity index (χ0) is 15.9. The number of aryl methyl sites for hydroxylation is 1. The number of nitrogens with zero attached hydrogens (tertiary/aromatic N) is 1. The van der Waals surface area contributed by atoms with Crippen LogP contribution in [0.2, 0.25) is 0 Å². The van der Waals surface area contributed by atoms with E-state index in [-0.39, 0.29) is 30.1 Å². The summed E-state index contributed by atoms with van der Waals surface area (Å²) in [6.45, 7) is 4.08. The first-order valence-corrected chi connectivity index (χ1v) is 7.98. The molecule has 0 radical (unpaired) electrons. The molecule has 2 N–H and O–H groups in total. The molecule has 1 fully saturated rings. The fourth-order valence-corrected chi connectivity index (χ4v) is 2.81. The molecule has 1 aromatic rings. The van der Waals surface area contributed by atoms with Crippen molar-refractivity contribution in [3.63, 3.8) is 0 Å². The summed E-state index contributed by atoms with van der Waals surface area (Å²) < 4.78 is 0. The Labute approximate surface area is 144 Å². The lowest BCUT2D eigenvalue weighted by molar-refractivity contribution is -0.126. The molecule has 23 heavy (non-hydrogen) atoms. The van der Waals surface area contributed by atoms with Crippen LogP contribution >= 0.6 is 12.4 Å². The quantitative estimate of drug-likeness (QED) is 0.744. The van der Waals surface area contributed by atoms with Crippen LogP contribution in [0.25, 0.3) is 0 Å². The summed E-state index contributed by atoms with van der Waals surface area (Å²) in [5.41, 5.74) is 2.09. The molecule has 1 unspecified atom stereocenters. The zero-order valence-corrected chi connectivity index (χ0v) is 14.6. The number of halogens is 1. The maximum Gasteiger partial charge on any atom is 0.227 e. The number of benzene rings is 1. The Morgan fingerprint density at radius 1 is 1.30 bits per heavy atom. The highest BCUT2D eigenvalue weighted by atomic mass is 35.5. The van der Waals surface area contributed by atoms with E-state index in [9.17, 15) is 9.59 Å². The van der Waals surface area contributed by atoms with Crippen molar-refractivity contribution in [1.82, 2.24) is 10.6 Å². The van der Waals surface area contributed by atoms with Gasteiger partial charge in [-0.15, -0.1) is 12.4 Å². The van der Waals surface area contributed by atoms with Gasteiger partial charge in [0.25, 0.3) is 0 Å². The number of anilines is 1. The van der Waals surface area contributed by atoms with Crippen LogP contribution in [0.3, 0.4) is 0 Å². The van der Waals surface area contributed by atoms with E-state index in [4.69, 9.17) is 0 Å². The summed E-state index contributed by atoms with van der Waals surface area (Å²) in [7, 11) is 1.89. The Morgan fingerprint density at radius 2 is 2.04 bits per heavy atom. The molecule has 5 nitrogen and oxygen atoms in total. The second-order valence-corrected chi connectivity index (χ2v) is 5.64. The molecule has 0 saturated carbocycles. The number of para-hydroxylation sites is 1. The van der Waals surface area contributed by atoms with Gasteiger partial charge in [0.2, 0.25) is 11.8 Å². The summed E-state index contributed by atoms with van der Waals surface area (Å²) in [4.78, 5) is 26.2. The standard InChI is InChI=1S/C17H25N3O2.ClH/c1-3-13-7-4-5-8-15(13)20-12-14(11-16(20)21)17(22)19-10-6-9-18-2;/h4-5,7-8,14,18H,3,6,9-12H2,1-2H3,(H,19,22);1H. The maximum atomic E-state index is 12.3. The molecular formula is C17H26ClN3O2. The predicted octanol–water partition coefficient (Wildman–Crippen LogP) is 1.75. The highest BCUT2D eigenvalue weighted by Crippen LogP contribution is 2.28. The van der Waals surface area contributed by atoms with Gasteiger partial charge in [0.1, 0.15) is 0 Å². The van der Waals surface area contributed by atoms with Crippen molar-refractivity contribution in [1.29, 1.82) is 0 Å². The Balaban J connectivity index is 0.00000264. The second-order valence-electron chi connectivity index (χ2n) is 5.64. The van der Waals surface area contributed by atoms with Gasteiger partial charge >= 0.3 is 0 Å². The fourth-order valence-electron chi connectivity index (χ4n) is 2.81. The third kappa shape index (κ3) is 4.94. The molecule has 0 aromatic heterocycles. The van der Waals surface area contributed by atoms with Gasteiger partial charge in [-0.3, -0.25) is 9.59 Å². The fraction of sp³-hybridized carbons (Fsp3) is 0.529. The highest BCUT2D eigenvalue weighted by molar-refractivity contribution is 6.00. The SMILES string of the molecule is CCc1ccccc1N1CC(C(=O)NCCCNC)CC1=O.Cl. The molecule has 1 aliphatic rings. The molecule has 1 heterocycles. The van der Waals surface area contributed by atoms with Crippen molar-refractivity contribution in [2.75, 3.05) is 31.6 Å². The normalized spacial score (nSPS) is 17.0. The van der Waals surface area contributed by atoms with Crippen LogP contribution < -0.4 is 15.5 Å². The molecule has 0 aliphatic carbocycles. The summed E-state index contributed by atoms with van der Waals surface area (Å²) >= 11 is 0. The van der Waals surface area contributed by atoms with Crippen molar-refractivity contribution in [2.45, 2.75) is 26.2 Å². The Kier molecular flexibility index (Phi) is 8.06. The Morgan fingerprint density at radius 3 is 2.74 bits per heavy atom. The van der Waals surface area contributed by atoms with Crippen LogP contribution in [-0.2, 0) is 16.0 Å². The van der Waals surface area contributed by atoms with Gasteiger partial charge in [0.05, 0.1) is 5.92 Å². The van der Waals surface area contributed by atoms with E-state index >= 15 is 0 Å². The van der Waals surface area contributed by atoms with Crippen molar-refractivity contribution in [3.05, 3.63) is 29.8 Å². The zero-order valence-electron chi connectivity index (χ0n) is 13.8. The second kappa shape index (κ2) is 9.53. The van der Waals surface area contributed by atoms with E-state index in [1.807, 2.05) is 31.3 Å². The maximum absolute atomic E-state index is 12.3. The van der Waals surface area contributed by atoms with Gasteiger partial charge < -0.3 is 15.5 Å². The van der Waals surface area contributed by atoms with Crippen molar-refractivity contribution < 1.29 is 9.59 Å². The van der Waals surface area contributed by atoms with Gasteiger partial charge in [0.15, 0.2) is 0 Å². The minimum absolute atomic E-state index is 0. The smallest absolute Gasteiger partial charge is 0.227 e. The number of amides is 2. The van der Waals surface area contributed by atoms with Crippen LogP contribution in [0.4, 0.5) is 5.69 Å². The molecule has 2 amide bonds. The molecule has 128 valence electrons. The number of nitrogens with one attached hydrogen (secondary N) is 2. The van der Waals surface area contributed by atoms with E-state index in [0.29, 0.717) is 19.5 Å². The topological polar surface area (TPSA) is 61.4 Å². The van der Waals surface area contributed by atoms with Crippen molar-refractivity contribution in [2.24, 2.45) is 5.92 Å². The third-order valence-corrected chi connectivity index (χ3v) is 4.06. The third-order valence-electron chi connectivity index (χ3n) is 4.06. The molecule has 1 atom stereocenters. The summed E-state index contributed by atoms with van der Waals surface area (Å²) in [5, 5.41) is 5.97. The van der Waals surface area contributed by atoms with E-state index in [1.54, 1.807) is 4.90 Å². The summed E-state index contributed by atoms with van der Waals surface area (Å²) in [5.74, 6) is -0.218. The van der Waals surface area contributed by atoms with Gasteiger partial charge in [0, 0.05) is 25.2 Å². The van der Waals surface area contributed by atoms with Crippen LogP contribution in [0.1, 0.15) is 25.3 Å². The molecule has 6 heteroatoms. The van der Waals surface area contributed by atoms with E-state index in [0.717, 1.165) is 30.6 Å². The van der Waals surface area contributed by atoms with Gasteiger partial charge in [-0.1, -0.05) is 25.1 Å². The van der Waals surface area contributed by atoms with Crippen LogP contribution in [0, 0.1) is 5.92 Å². The molecule has 1 aliphatic heterocycles. The average molecular weight is 340 g/mol. The van der Waals surface area contributed by atoms with Crippen LogP contribution in [0.15, 0.2) is 24.3 Å². The Hall–Kier alpha value is -1.59. The summed E-state index contributed by atoms with van der Waals surface area (Å²) in [6.07, 6.45) is 2.07. The predicted molar refractivity (Wildman–Crippen MR) is 95.1 cm³/mol. The lowest BCUT2D eigenvalue weighted by Crippen LogP contribution is -2.34. The highest BCUT2D eigenvalue weighted by Gasteiger charge is 2.35. The first-order chi connectivity index (χ1) is 10.7. The molecule has 1 saturated heterocycles. The minimum Gasteiger partial charge on any atom is -0.356 e. The van der Waals surface area contributed by atoms with Crippen molar-refractivity contribution >= 4 is 29.9 Å². The van der Waals surface area contributed by atoms with Gasteiger partial charge in [-0.2, -0.15) is 0 Å². The summed E-state index contributed by atoms with van der Waals surface area (Å²) in [6, 6.07) is 7.92. The first-order valence-electron chi connectivity index (χ1n) is 7.98. The number of carbonyl (C=O) groups excluding carboxylic acids is 2. The number of carbonyl (C=O) groups is 2. The number of rotatable bonds is 7. The van der Waals surface area contributed by atoms with E-state index in [1.165, 1.54) is 0 Å². The van der Waals surface area contributed by atoms with Gasteiger partial charge in [-0.05, 0) is 38.1 Å². The van der Waals surface area contributed by atoms with Crippen LogP contribution in [0.5, 0.6) is 0 Å². The lowest BCUT2D eigenvalue weighted by Gasteiger charge is -2.20. The molecule has 2 rings (SSSR count). The first kappa shape index (κ1) is 19.5. The molecular weight excluding hydrogens is 314 g/mol. The van der Waals surface area contributed by atoms with E-state index in [2.05, 4.69) is 17.6 Å². The minimum atomic E-state index is -0.244. The largest absolute Gasteiger partial charge is 0.356 e. The number of hydrogen-bond donors (Lipinski definition) is 2. The molecule has 0 spiro atoms.